The van der Waals surface area contributed by atoms with Gasteiger partial charge < -0.3 is 14.0 Å². The van der Waals surface area contributed by atoms with Gasteiger partial charge in [0.25, 0.3) is 5.56 Å². The molecule has 2 aromatic heterocycles. The zero-order valence-corrected chi connectivity index (χ0v) is 24.7. The van der Waals surface area contributed by atoms with Crippen molar-refractivity contribution in [2.75, 3.05) is 13.7 Å². The zero-order chi connectivity index (χ0) is 30.1. The van der Waals surface area contributed by atoms with Crippen molar-refractivity contribution in [3.8, 4) is 11.8 Å². The van der Waals surface area contributed by atoms with Gasteiger partial charge in [0.1, 0.15) is 5.75 Å². The third kappa shape index (κ3) is 5.07. The van der Waals surface area contributed by atoms with Crippen molar-refractivity contribution >= 4 is 34.3 Å². The molecule has 9 heteroatoms. The van der Waals surface area contributed by atoms with E-state index < -0.39 is 12.0 Å². The van der Waals surface area contributed by atoms with Gasteiger partial charge in [-0.05, 0) is 55.3 Å². The fourth-order valence-corrected chi connectivity index (χ4v) is 6.54. The molecule has 6 rings (SSSR count). The van der Waals surface area contributed by atoms with Crippen LogP contribution < -0.4 is 19.6 Å². The Morgan fingerprint density at radius 2 is 1.84 bits per heavy atom. The molecule has 3 aromatic carbocycles. The van der Waals surface area contributed by atoms with Gasteiger partial charge in [-0.1, -0.05) is 59.9 Å². The van der Waals surface area contributed by atoms with Gasteiger partial charge in [0, 0.05) is 29.2 Å². The Balaban J connectivity index is 1.51. The maximum absolute atomic E-state index is 14.1. The number of aromatic nitrogens is 2. The van der Waals surface area contributed by atoms with Gasteiger partial charge in [0.2, 0.25) is 0 Å². The van der Waals surface area contributed by atoms with Crippen molar-refractivity contribution in [2.24, 2.45) is 4.99 Å². The van der Waals surface area contributed by atoms with E-state index in [9.17, 15) is 14.9 Å². The second-order valence-corrected chi connectivity index (χ2v) is 11.1. The smallest absolute Gasteiger partial charge is 0.338 e. The lowest BCUT2D eigenvalue weighted by Crippen LogP contribution is -2.39. The molecule has 0 saturated carbocycles. The first-order chi connectivity index (χ1) is 20.9. The molecule has 43 heavy (non-hydrogen) atoms. The van der Waals surface area contributed by atoms with Crippen LogP contribution in [0, 0.1) is 11.3 Å². The summed E-state index contributed by atoms with van der Waals surface area (Å²) in [6.45, 7) is 4.24. The Morgan fingerprint density at radius 1 is 1.09 bits per heavy atom. The molecule has 5 aromatic rings. The number of benzene rings is 3. The van der Waals surface area contributed by atoms with Crippen molar-refractivity contribution in [1.29, 1.82) is 5.26 Å². The predicted molar refractivity (Wildman–Crippen MR) is 166 cm³/mol. The Labute approximate surface area is 251 Å². The lowest BCUT2D eigenvalue weighted by molar-refractivity contribution is -0.139. The van der Waals surface area contributed by atoms with Gasteiger partial charge in [-0.3, -0.25) is 9.36 Å². The van der Waals surface area contributed by atoms with Crippen LogP contribution in [0.1, 0.15) is 42.1 Å². The molecule has 0 N–H and O–H groups in total. The summed E-state index contributed by atoms with van der Waals surface area (Å²) in [6.07, 6.45) is 3.89. The van der Waals surface area contributed by atoms with Crippen molar-refractivity contribution in [1.82, 2.24) is 9.13 Å². The summed E-state index contributed by atoms with van der Waals surface area (Å²) in [7, 11) is 1.59. The summed E-state index contributed by atoms with van der Waals surface area (Å²) in [6, 6.07) is 24.4. The zero-order valence-electron chi connectivity index (χ0n) is 23.9. The van der Waals surface area contributed by atoms with Crippen LogP contribution in [0.5, 0.6) is 5.75 Å². The SMILES string of the molecule is CCOC(=O)C1=C(C)N=c2s/c(=C/c3cn(Cc4ccccc4C#N)c4ccccc34)c(=O)n2[C@H]1c1ccc(OC)cc1. The number of thiazole rings is 1. The predicted octanol–water partition coefficient (Wildman–Crippen LogP) is 4.68. The van der Waals surface area contributed by atoms with E-state index in [0.717, 1.165) is 27.6 Å². The molecule has 0 amide bonds. The molecule has 0 saturated heterocycles. The molecule has 1 atom stereocenters. The van der Waals surface area contributed by atoms with E-state index in [2.05, 4.69) is 15.6 Å². The third-order valence-corrected chi connectivity index (χ3v) is 8.52. The van der Waals surface area contributed by atoms with E-state index in [-0.39, 0.29) is 12.2 Å². The second-order valence-electron chi connectivity index (χ2n) is 10.1. The van der Waals surface area contributed by atoms with Crippen LogP contribution in [0.3, 0.4) is 0 Å². The molecule has 0 bridgehead atoms. The fraction of sp³-hybridized carbons (Fsp3) is 0.176. The number of ether oxygens (including phenoxy) is 2. The van der Waals surface area contributed by atoms with E-state index in [0.29, 0.717) is 38.5 Å². The van der Waals surface area contributed by atoms with Crippen molar-refractivity contribution in [3.63, 3.8) is 0 Å². The lowest BCUT2D eigenvalue weighted by atomic mass is 9.96. The van der Waals surface area contributed by atoms with E-state index in [4.69, 9.17) is 9.47 Å². The molecular formula is C34H28N4O4S. The normalized spacial score (nSPS) is 14.7. The average Bonchev–Trinajstić information content (AvgIpc) is 3.53. The quantitative estimate of drug-likeness (QED) is 0.257. The molecule has 0 unspecified atom stereocenters. The maximum atomic E-state index is 14.1. The van der Waals surface area contributed by atoms with Crippen LogP contribution in [0.4, 0.5) is 0 Å². The number of nitriles is 1. The van der Waals surface area contributed by atoms with Crippen LogP contribution in [-0.4, -0.2) is 28.8 Å². The van der Waals surface area contributed by atoms with Crippen LogP contribution in [0.25, 0.3) is 17.0 Å². The first kappa shape index (κ1) is 27.9. The van der Waals surface area contributed by atoms with Gasteiger partial charge in [0.15, 0.2) is 4.80 Å². The molecule has 0 spiro atoms. The molecule has 0 aliphatic carbocycles. The van der Waals surface area contributed by atoms with Crippen LogP contribution in [0.2, 0.25) is 0 Å². The van der Waals surface area contributed by atoms with Crippen LogP contribution in [-0.2, 0) is 16.1 Å². The first-order valence-corrected chi connectivity index (χ1v) is 14.6. The lowest BCUT2D eigenvalue weighted by Gasteiger charge is -2.24. The topological polar surface area (TPSA) is 98.6 Å². The Bertz CT molecular complexity index is 2130. The highest BCUT2D eigenvalue weighted by molar-refractivity contribution is 7.07. The summed E-state index contributed by atoms with van der Waals surface area (Å²) < 4.78 is 14.9. The van der Waals surface area contributed by atoms with E-state index in [1.807, 2.05) is 85.1 Å². The largest absolute Gasteiger partial charge is 0.497 e. The number of methoxy groups -OCH3 is 1. The molecule has 8 nitrogen and oxygen atoms in total. The summed E-state index contributed by atoms with van der Waals surface area (Å²) >= 11 is 1.29. The first-order valence-electron chi connectivity index (χ1n) is 13.8. The number of hydrogen-bond donors (Lipinski definition) is 0. The highest BCUT2D eigenvalue weighted by Crippen LogP contribution is 2.32. The molecule has 1 aliphatic heterocycles. The van der Waals surface area contributed by atoms with Crippen LogP contribution >= 0.6 is 11.3 Å². The standard InChI is InChI=1S/C34H28N4O4S/c1-4-42-33(40)30-21(2)36-34-38(31(30)22-13-15-26(41-3)16-14-22)32(39)29(43-34)17-25-20-37(28-12-8-7-11-27(25)28)19-24-10-6-5-9-23(24)18-35/h5-17,20,31H,4,19H2,1-3H3/b29-17+/t31-/m0/s1. The Kier molecular flexibility index (Phi) is 7.53. The number of esters is 1. The Morgan fingerprint density at radius 3 is 2.58 bits per heavy atom. The summed E-state index contributed by atoms with van der Waals surface area (Å²) in [5.41, 5.74) is 4.76. The third-order valence-electron chi connectivity index (χ3n) is 7.53. The maximum Gasteiger partial charge on any atom is 0.338 e. The minimum atomic E-state index is -0.702. The van der Waals surface area contributed by atoms with Gasteiger partial charge in [-0.15, -0.1) is 0 Å². The van der Waals surface area contributed by atoms with E-state index in [1.54, 1.807) is 25.5 Å². The van der Waals surface area contributed by atoms with Crippen LogP contribution in [0.15, 0.2) is 100 Å². The average molecular weight is 589 g/mol. The second kappa shape index (κ2) is 11.6. The highest BCUT2D eigenvalue weighted by Gasteiger charge is 2.33. The number of carbonyl (C=O) groups excluding carboxylic acids is 1. The number of nitrogens with zero attached hydrogens (tertiary/aromatic N) is 4. The van der Waals surface area contributed by atoms with Crippen molar-refractivity contribution < 1.29 is 14.3 Å². The molecular weight excluding hydrogens is 560 g/mol. The van der Waals surface area contributed by atoms with E-state index in [1.165, 1.54) is 11.3 Å². The molecule has 0 fully saturated rings. The number of allylic oxidation sites excluding steroid dienone is 1. The monoisotopic (exact) mass is 588 g/mol. The summed E-state index contributed by atoms with van der Waals surface area (Å²) in [4.78, 5) is 32.5. The van der Waals surface area contributed by atoms with Gasteiger partial charge in [-0.25, -0.2) is 9.79 Å². The molecule has 3 heterocycles. The van der Waals surface area contributed by atoms with Crippen molar-refractivity contribution in [3.05, 3.63) is 132 Å². The summed E-state index contributed by atoms with van der Waals surface area (Å²) in [5, 5.41) is 10.6. The molecule has 1 aliphatic rings. The number of hydrogen-bond acceptors (Lipinski definition) is 7. The van der Waals surface area contributed by atoms with Gasteiger partial charge >= 0.3 is 5.97 Å². The number of carbonyl (C=O) groups is 1. The Hall–Kier alpha value is -5.20. The minimum absolute atomic E-state index is 0.207. The van der Waals surface area contributed by atoms with E-state index >= 15 is 0 Å². The number of fused-ring (bicyclic) bond motifs is 2. The summed E-state index contributed by atoms with van der Waals surface area (Å²) in [5.74, 6) is 0.169. The van der Waals surface area contributed by atoms with Gasteiger partial charge in [-0.2, -0.15) is 5.26 Å². The highest BCUT2D eigenvalue weighted by atomic mass is 32.1. The molecule has 0 radical (unpaired) electrons. The minimum Gasteiger partial charge on any atom is -0.497 e. The number of para-hydroxylation sites is 1. The number of rotatable bonds is 7. The van der Waals surface area contributed by atoms with Gasteiger partial charge in [0.05, 0.1) is 47.2 Å². The van der Waals surface area contributed by atoms with Crippen molar-refractivity contribution in [2.45, 2.75) is 26.4 Å². The fourth-order valence-electron chi connectivity index (χ4n) is 5.51. The molecule has 214 valence electrons.